The SMILES string of the molecule is CC1CC[C@@H](Nc2c(C(N)=O)cnn3cc(-c4cncnc4)cc23)C1(C)C. The Kier molecular flexibility index (Phi) is 4.09. The summed E-state index contributed by atoms with van der Waals surface area (Å²) in [5, 5.41) is 8.00. The van der Waals surface area contributed by atoms with Gasteiger partial charge in [-0.3, -0.25) is 4.79 Å². The third-order valence-corrected chi connectivity index (χ3v) is 6.17. The van der Waals surface area contributed by atoms with E-state index in [1.54, 1.807) is 16.9 Å². The van der Waals surface area contributed by atoms with Crippen molar-refractivity contribution in [2.24, 2.45) is 17.1 Å². The second-order valence-electron chi connectivity index (χ2n) is 7.98. The highest BCUT2D eigenvalue weighted by molar-refractivity contribution is 6.02. The lowest BCUT2D eigenvalue weighted by atomic mass is 9.80. The summed E-state index contributed by atoms with van der Waals surface area (Å²) in [4.78, 5) is 20.2. The van der Waals surface area contributed by atoms with Crippen LogP contribution in [0.15, 0.2) is 37.2 Å². The summed E-state index contributed by atoms with van der Waals surface area (Å²) in [6.07, 6.45) is 10.7. The smallest absolute Gasteiger partial charge is 0.252 e. The predicted octanol–water partition coefficient (Wildman–Crippen LogP) is 3.13. The van der Waals surface area contributed by atoms with E-state index in [4.69, 9.17) is 5.73 Å². The molecule has 0 aromatic carbocycles. The molecule has 3 aromatic rings. The minimum Gasteiger partial charge on any atom is -0.379 e. The van der Waals surface area contributed by atoms with Crippen LogP contribution in [-0.2, 0) is 0 Å². The van der Waals surface area contributed by atoms with Crippen LogP contribution in [0.1, 0.15) is 44.0 Å². The summed E-state index contributed by atoms with van der Waals surface area (Å²) in [6.45, 7) is 6.83. The molecule has 0 aliphatic heterocycles. The number of fused-ring (bicyclic) bond motifs is 1. The summed E-state index contributed by atoms with van der Waals surface area (Å²) in [5.41, 5.74) is 9.57. The van der Waals surface area contributed by atoms with E-state index < -0.39 is 5.91 Å². The number of primary amides is 1. The number of amides is 1. The van der Waals surface area contributed by atoms with Gasteiger partial charge in [0.2, 0.25) is 0 Å². The minimum atomic E-state index is -0.484. The normalized spacial score (nSPS) is 21.4. The first-order valence-corrected chi connectivity index (χ1v) is 9.21. The van der Waals surface area contributed by atoms with Crippen molar-refractivity contribution in [2.45, 2.75) is 39.7 Å². The van der Waals surface area contributed by atoms with E-state index in [-0.39, 0.29) is 11.5 Å². The van der Waals surface area contributed by atoms with Crippen LogP contribution in [0.4, 0.5) is 5.69 Å². The molecule has 1 saturated carbocycles. The number of nitrogens with zero attached hydrogens (tertiary/aromatic N) is 4. The van der Waals surface area contributed by atoms with E-state index in [0.29, 0.717) is 11.5 Å². The highest BCUT2D eigenvalue weighted by Crippen LogP contribution is 2.44. The minimum absolute atomic E-state index is 0.123. The topological polar surface area (TPSA) is 98.2 Å². The lowest BCUT2D eigenvalue weighted by molar-refractivity contribution is 0.100. The number of hydrogen-bond acceptors (Lipinski definition) is 5. The molecule has 2 atom stereocenters. The lowest BCUT2D eigenvalue weighted by Gasteiger charge is -2.33. The Labute approximate surface area is 158 Å². The first-order chi connectivity index (χ1) is 12.9. The number of rotatable bonds is 4. The predicted molar refractivity (Wildman–Crippen MR) is 104 cm³/mol. The number of hydrogen-bond donors (Lipinski definition) is 2. The quantitative estimate of drug-likeness (QED) is 0.741. The summed E-state index contributed by atoms with van der Waals surface area (Å²) >= 11 is 0. The third kappa shape index (κ3) is 2.93. The maximum absolute atomic E-state index is 12.1. The maximum Gasteiger partial charge on any atom is 0.252 e. The van der Waals surface area contributed by atoms with Crippen molar-refractivity contribution in [1.29, 1.82) is 0 Å². The van der Waals surface area contributed by atoms with Crippen LogP contribution < -0.4 is 11.1 Å². The molecule has 4 rings (SSSR count). The largest absolute Gasteiger partial charge is 0.379 e. The molecule has 0 spiro atoms. The third-order valence-electron chi connectivity index (χ3n) is 6.17. The zero-order valence-electron chi connectivity index (χ0n) is 15.8. The van der Waals surface area contributed by atoms with E-state index in [9.17, 15) is 4.79 Å². The molecular weight excluding hydrogens is 340 g/mol. The van der Waals surface area contributed by atoms with Crippen LogP contribution in [0.3, 0.4) is 0 Å². The van der Waals surface area contributed by atoms with Crippen LogP contribution in [0, 0.1) is 11.3 Å². The van der Waals surface area contributed by atoms with Gasteiger partial charge in [0.15, 0.2) is 0 Å². The Morgan fingerprint density at radius 2 is 1.96 bits per heavy atom. The number of nitrogens with two attached hydrogens (primary N) is 1. The van der Waals surface area contributed by atoms with E-state index >= 15 is 0 Å². The van der Waals surface area contributed by atoms with Gasteiger partial charge in [0.1, 0.15) is 6.33 Å². The molecule has 7 heteroatoms. The van der Waals surface area contributed by atoms with Crippen molar-refractivity contribution in [3.8, 4) is 11.1 Å². The van der Waals surface area contributed by atoms with Gasteiger partial charge in [0.05, 0.1) is 23.0 Å². The summed E-state index contributed by atoms with van der Waals surface area (Å²) in [7, 11) is 0. The lowest BCUT2D eigenvalue weighted by Crippen LogP contribution is -2.35. The van der Waals surface area contributed by atoms with Crippen LogP contribution in [-0.4, -0.2) is 31.5 Å². The van der Waals surface area contributed by atoms with Gasteiger partial charge in [-0.1, -0.05) is 20.8 Å². The molecule has 27 heavy (non-hydrogen) atoms. The fourth-order valence-electron chi connectivity index (χ4n) is 3.94. The van der Waals surface area contributed by atoms with Crippen molar-refractivity contribution in [2.75, 3.05) is 5.32 Å². The van der Waals surface area contributed by atoms with Crippen molar-refractivity contribution in [1.82, 2.24) is 19.6 Å². The second-order valence-corrected chi connectivity index (χ2v) is 7.98. The van der Waals surface area contributed by atoms with E-state index in [1.807, 2.05) is 12.3 Å². The molecular formula is C20H24N6O. The van der Waals surface area contributed by atoms with Crippen LogP contribution in [0.25, 0.3) is 16.6 Å². The fourth-order valence-corrected chi connectivity index (χ4v) is 3.94. The Morgan fingerprint density at radius 1 is 1.22 bits per heavy atom. The number of carbonyl (C=O) groups is 1. The molecule has 1 aliphatic carbocycles. The molecule has 0 radical (unpaired) electrons. The molecule has 1 fully saturated rings. The number of nitrogens with one attached hydrogen (secondary N) is 1. The van der Waals surface area contributed by atoms with E-state index in [2.05, 4.69) is 41.2 Å². The molecule has 3 heterocycles. The average Bonchev–Trinajstić information content (AvgIpc) is 3.19. The van der Waals surface area contributed by atoms with E-state index in [0.717, 1.165) is 35.2 Å². The Hall–Kier alpha value is -2.96. The van der Waals surface area contributed by atoms with Crippen molar-refractivity contribution in [3.63, 3.8) is 0 Å². The Balaban J connectivity index is 1.83. The number of carbonyl (C=O) groups excluding carboxylic acids is 1. The standard InChI is InChI=1S/C20H24N6O/c1-12-4-5-17(20(12,2)3)25-18-15(19(21)27)9-24-26-10-13(6-16(18)26)14-7-22-11-23-8-14/h6-12,17,25H,4-5H2,1-3H3,(H2,21,27)/t12?,17-/m1/s1. The first-order valence-electron chi connectivity index (χ1n) is 9.21. The van der Waals surface area contributed by atoms with E-state index in [1.165, 1.54) is 12.5 Å². The second kappa shape index (κ2) is 6.33. The monoisotopic (exact) mass is 364 g/mol. The number of aromatic nitrogens is 4. The average molecular weight is 364 g/mol. The summed E-state index contributed by atoms with van der Waals surface area (Å²) in [5.74, 6) is 0.121. The summed E-state index contributed by atoms with van der Waals surface area (Å²) < 4.78 is 1.77. The van der Waals surface area contributed by atoms with Gasteiger partial charge in [-0.25, -0.2) is 14.5 Å². The maximum atomic E-state index is 12.1. The van der Waals surface area contributed by atoms with Gasteiger partial charge in [0, 0.05) is 35.8 Å². The van der Waals surface area contributed by atoms with Crippen LogP contribution >= 0.6 is 0 Å². The van der Waals surface area contributed by atoms with Crippen molar-refractivity contribution >= 4 is 17.1 Å². The van der Waals surface area contributed by atoms with Crippen molar-refractivity contribution < 1.29 is 4.79 Å². The van der Waals surface area contributed by atoms with Gasteiger partial charge in [-0.05, 0) is 30.2 Å². The van der Waals surface area contributed by atoms with Crippen LogP contribution in [0.5, 0.6) is 0 Å². The van der Waals surface area contributed by atoms with Crippen molar-refractivity contribution in [3.05, 3.63) is 42.7 Å². The molecule has 3 N–H and O–H groups in total. The molecule has 1 unspecified atom stereocenters. The molecule has 3 aromatic heterocycles. The molecule has 1 amide bonds. The Morgan fingerprint density at radius 3 is 2.59 bits per heavy atom. The zero-order valence-corrected chi connectivity index (χ0v) is 15.8. The van der Waals surface area contributed by atoms with Gasteiger partial charge < -0.3 is 11.1 Å². The van der Waals surface area contributed by atoms with Gasteiger partial charge in [0.25, 0.3) is 5.91 Å². The van der Waals surface area contributed by atoms with Gasteiger partial charge in [-0.2, -0.15) is 5.10 Å². The Bertz CT molecular complexity index is 994. The van der Waals surface area contributed by atoms with Gasteiger partial charge in [-0.15, -0.1) is 0 Å². The molecule has 140 valence electrons. The van der Waals surface area contributed by atoms with Crippen LogP contribution in [0.2, 0.25) is 0 Å². The fraction of sp³-hybridized carbons (Fsp3) is 0.400. The number of anilines is 1. The molecule has 1 aliphatic rings. The zero-order chi connectivity index (χ0) is 19.2. The molecule has 0 saturated heterocycles. The highest BCUT2D eigenvalue weighted by atomic mass is 16.1. The molecule has 7 nitrogen and oxygen atoms in total. The molecule has 0 bridgehead atoms. The summed E-state index contributed by atoms with van der Waals surface area (Å²) in [6, 6.07) is 2.25. The van der Waals surface area contributed by atoms with Gasteiger partial charge >= 0.3 is 0 Å². The highest BCUT2D eigenvalue weighted by Gasteiger charge is 2.41. The first kappa shape index (κ1) is 17.5.